The molecule has 21 heavy (non-hydrogen) atoms. The van der Waals surface area contributed by atoms with Crippen LogP contribution < -0.4 is 0 Å². The third-order valence-electron chi connectivity index (χ3n) is 2.86. The van der Waals surface area contributed by atoms with Crippen LogP contribution in [0.3, 0.4) is 0 Å². The van der Waals surface area contributed by atoms with Crippen molar-refractivity contribution in [2.45, 2.75) is 13.2 Å². The van der Waals surface area contributed by atoms with Gasteiger partial charge in [-0.15, -0.1) is 0 Å². The molecule has 0 fully saturated rings. The van der Waals surface area contributed by atoms with E-state index in [1.54, 1.807) is 38.7 Å². The van der Waals surface area contributed by atoms with Crippen LogP contribution in [0.5, 0.6) is 0 Å². The number of hydrogen-bond donors (Lipinski definition) is 0. The maximum Gasteiger partial charge on any atom is 0.329 e. The maximum absolute atomic E-state index is 9.36. The largest absolute Gasteiger partial charge is 0.378 e. The summed E-state index contributed by atoms with van der Waals surface area (Å²) >= 11 is 0. The Balaban J connectivity index is 2.38. The predicted octanol–water partition coefficient (Wildman–Crippen LogP) is 1.84. The summed E-state index contributed by atoms with van der Waals surface area (Å²) in [4.78, 5) is 11.8. The maximum atomic E-state index is 9.36. The van der Waals surface area contributed by atoms with Gasteiger partial charge in [-0.05, 0) is 24.3 Å². The Hall–Kier alpha value is -2.40. The van der Waals surface area contributed by atoms with Crippen LogP contribution in [-0.2, 0) is 22.7 Å². The molecule has 108 valence electrons. The van der Waals surface area contributed by atoms with Crippen molar-refractivity contribution in [3.8, 4) is 0 Å². The quantitative estimate of drug-likeness (QED) is 0.460. The molecule has 2 aromatic rings. The highest BCUT2D eigenvalue weighted by Gasteiger charge is 2.17. The van der Waals surface area contributed by atoms with E-state index < -0.39 is 0 Å². The number of pyridine rings is 2. The Labute approximate surface area is 123 Å². The molecule has 6 heteroatoms. The molecule has 0 saturated heterocycles. The van der Waals surface area contributed by atoms with Crippen LogP contribution in [0.2, 0.25) is 0 Å². The highest BCUT2D eigenvalue weighted by atomic mass is 16.5. The van der Waals surface area contributed by atoms with E-state index in [-0.39, 0.29) is 0 Å². The van der Waals surface area contributed by atoms with Gasteiger partial charge in [0.25, 0.3) is 0 Å². The average Bonchev–Trinajstić information content (AvgIpc) is 2.50. The van der Waals surface area contributed by atoms with E-state index in [9.17, 15) is 5.53 Å². The van der Waals surface area contributed by atoms with Crippen LogP contribution >= 0.6 is 0 Å². The van der Waals surface area contributed by atoms with E-state index in [0.717, 1.165) is 22.5 Å². The van der Waals surface area contributed by atoms with Gasteiger partial charge in [0.1, 0.15) is 0 Å². The van der Waals surface area contributed by atoms with Crippen LogP contribution in [0.25, 0.3) is 5.53 Å². The number of nitrogens with zero attached hydrogens (tertiary/aromatic N) is 4. The Kier molecular flexibility index (Phi) is 5.29. The predicted molar refractivity (Wildman–Crippen MR) is 76.7 cm³/mol. The van der Waals surface area contributed by atoms with Gasteiger partial charge in [-0.25, -0.2) is 0 Å². The SMILES string of the molecule is COCc1cc(C(=[N+]=[N-])c2ccnc(COC)c2)ccn1. The lowest BCUT2D eigenvalue weighted by atomic mass is 10.0. The van der Waals surface area contributed by atoms with Crippen LogP contribution in [0.4, 0.5) is 0 Å². The van der Waals surface area contributed by atoms with Crippen molar-refractivity contribution in [2.24, 2.45) is 0 Å². The summed E-state index contributed by atoms with van der Waals surface area (Å²) in [5, 5.41) is 0. The Bertz CT molecular complexity index is 615. The summed E-state index contributed by atoms with van der Waals surface area (Å²) in [7, 11) is 3.21. The van der Waals surface area contributed by atoms with Crippen molar-refractivity contribution in [2.75, 3.05) is 14.2 Å². The van der Waals surface area contributed by atoms with Gasteiger partial charge in [0.2, 0.25) is 0 Å². The molecule has 2 aromatic heterocycles. The molecule has 0 N–H and O–H groups in total. The lowest BCUT2D eigenvalue weighted by Gasteiger charge is -2.03. The van der Waals surface area contributed by atoms with E-state index in [0.29, 0.717) is 18.9 Å². The molecule has 0 aliphatic heterocycles. The molecule has 2 rings (SSSR count). The number of methoxy groups -OCH3 is 2. The summed E-state index contributed by atoms with van der Waals surface area (Å²) in [6.07, 6.45) is 3.32. The van der Waals surface area contributed by atoms with Gasteiger partial charge in [0, 0.05) is 26.6 Å². The van der Waals surface area contributed by atoms with Crippen molar-refractivity contribution in [1.82, 2.24) is 9.97 Å². The highest BCUT2D eigenvalue weighted by molar-refractivity contribution is 6.09. The first-order valence-corrected chi connectivity index (χ1v) is 6.39. The molecule has 2 heterocycles. The Morgan fingerprint density at radius 2 is 1.48 bits per heavy atom. The Morgan fingerprint density at radius 3 is 1.86 bits per heavy atom. The molecular weight excluding hydrogens is 268 g/mol. The van der Waals surface area contributed by atoms with Crippen LogP contribution in [0.15, 0.2) is 36.7 Å². The minimum atomic E-state index is 0.401. The molecule has 0 radical (unpaired) electrons. The Morgan fingerprint density at radius 1 is 1.00 bits per heavy atom. The van der Waals surface area contributed by atoms with Gasteiger partial charge in [-0.3, -0.25) is 9.97 Å². The fourth-order valence-corrected chi connectivity index (χ4v) is 1.99. The molecule has 0 saturated carbocycles. The van der Waals surface area contributed by atoms with Crippen molar-refractivity contribution < 1.29 is 14.3 Å². The zero-order valence-electron chi connectivity index (χ0n) is 12.0. The first-order chi connectivity index (χ1) is 10.3. The van der Waals surface area contributed by atoms with E-state index in [1.165, 1.54) is 0 Å². The van der Waals surface area contributed by atoms with Gasteiger partial charge < -0.3 is 15.0 Å². The van der Waals surface area contributed by atoms with Gasteiger partial charge in [-0.2, -0.15) is 4.79 Å². The normalized spacial score (nSPS) is 10.2. The molecule has 0 spiro atoms. The minimum Gasteiger partial charge on any atom is -0.378 e. The molecule has 0 bridgehead atoms. The molecule has 0 aliphatic carbocycles. The molecule has 0 aliphatic rings. The van der Waals surface area contributed by atoms with E-state index >= 15 is 0 Å². The van der Waals surface area contributed by atoms with Crippen molar-refractivity contribution in [3.05, 3.63) is 64.7 Å². The third-order valence-corrected chi connectivity index (χ3v) is 2.86. The lowest BCUT2D eigenvalue weighted by Crippen LogP contribution is -2.07. The summed E-state index contributed by atoms with van der Waals surface area (Å²) in [5.41, 5.74) is 12.9. The molecule has 0 unspecified atom stereocenters. The number of ether oxygens (including phenoxy) is 2. The average molecular weight is 284 g/mol. The van der Waals surface area contributed by atoms with E-state index in [4.69, 9.17) is 9.47 Å². The second kappa shape index (κ2) is 7.40. The fourth-order valence-electron chi connectivity index (χ4n) is 1.99. The lowest BCUT2D eigenvalue weighted by molar-refractivity contribution is -0.00283. The molecular formula is C15H16N4O2. The van der Waals surface area contributed by atoms with Crippen LogP contribution in [0.1, 0.15) is 22.5 Å². The number of aromatic nitrogens is 2. The first-order valence-electron chi connectivity index (χ1n) is 6.39. The molecule has 6 nitrogen and oxygen atoms in total. The number of hydrogen-bond acceptors (Lipinski definition) is 4. The zero-order valence-corrected chi connectivity index (χ0v) is 12.0. The van der Waals surface area contributed by atoms with Gasteiger partial charge in [-0.1, -0.05) is 0 Å². The van der Waals surface area contributed by atoms with E-state index in [1.807, 2.05) is 12.1 Å². The second-order valence-corrected chi connectivity index (χ2v) is 4.39. The molecule has 0 aromatic carbocycles. The number of rotatable bonds is 6. The minimum absolute atomic E-state index is 0.401. The van der Waals surface area contributed by atoms with Crippen molar-refractivity contribution in [3.63, 3.8) is 0 Å². The monoisotopic (exact) mass is 284 g/mol. The van der Waals surface area contributed by atoms with Gasteiger partial charge in [0.15, 0.2) is 0 Å². The summed E-state index contributed by atoms with van der Waals surface area (Å²) < 4.78 is 10.1. The van der Waals surface area contributed by atoms with E-state index in [2.05, 4.69) is 14.8 Å². The van der Waals surface area contributed by atoms with Crippen LogP contribution in [-0.4, -0.2) is 34.7 Å². The van der Waals surface area contributed by atoms with Gasteiger partial charge >= 0.3 is 5.71 Å². The van der Waals surface area contributed by atoms with Crippen LogP contribution in [0, 0.1) is 0 Å². The first kappa shape index (κ1) is 15.0. The molecule has 0 atom stereocenters. The van der Waals surface area contributed by atoms with Crippen molar-refractivity contribution >= 4 is 5.71 Å². The smallest absolute Gasteiger partial charge is 0.329 e. The van der Waals surface area contributed by atoms with Crippen molar-refractivity contribution in [1.29, 1.82) is 0 Å². The fraction of sp³-hybridized carbons (Fsp3) is 0.267. The zero-order chi connectivity index (χ0) is 15.1. The summed E-state index contributed by atoms with van der Waals surface area (Å²) in [6.45, 7) is 0.801. The summed E-state index contributed by atoms with van der Waals surface area (Å²) in [6, 6.07) is 7.22. The topological polar surface area (TPSA) is 80.6 Å². The standard InChI is InChI=1S/C15H16N4O2/c1-20-9-13-7-11(3-5-17-13)15(19-16)12-4-6-18-14(8-12)10-21-2/h3-8H,9-10H2,1-2H3. The highest BCUT2D eigenvalue weighted by Crippen LogP contribution is 2.11. The third kappa shape index (κ3) is 3.79. The van der Waals surface area contributed by atoms with Gasteiger partial charge in [0.05, 0.1) is 35.7 Å². The molecule has 0 amide bonds. The second-order valence-electron chi connectivity index (χ2n) is 4.39. The summed E-state index contributed by atoms with van der Waals surface area (Å²) in [5.74, 6) is 0.